The Morgan fingerprint density at radius 2 is 2.26 bits per heavy atom. The molecule has 2 atom stereocenters. The topological polar surface area (TPSA) is 99.1 Å². The first-order chi connectivity index (χ1) is 8.88. The summed E-state index contributed by atoms with van der Waals surface area (Å²) in [5.74, 6) is -0.0148. The van der Waals surface area contributed by atoms with Crippen LogP contribution in [-0.4, -0.2) is 36.3 Å². The molecule has 1 aliphatic rings. The van der Waals surface area contributed by atoms with Crippen molar-refractivity contribution in [1.82, 2.24) is 19.5 Å². The van der Waals surface area contributed by atoms with Crippen LogP contribution < -0.4 is 5.73 Å². The summed E-state index contributed by atoms with van der Waals surface area (Å²) in [6.07, 6.45) is -0.134. The van der Waals surface area contributed by atoms with Gasteiger partial charge < -0.3 is 15.6 Å². The molecular formula is C11H14FN5O2. The summed E-state index contributed by atoms with van der Waals surface area (Å²) < 4.78 is 20.5. The van der Waals surface area contributed by atoms with Gasteiger partial charge in [0.1, 0.15) is 6.23 Å². The van der Waals surface area contributed by atoms with Gasteiger partial charge in [-0.2, -0.15) is 14.4 Å². The van der Waals surface area contributed by atoms with Crippen LogP contribution in [0.5, 0.6) is 0 Å². The van der Waals surface area contributed by atoms with E-state index in [2.05, 4.69) is 15.0 Å². The summed E-state index contributed by atoms with van der Waals surface area (Å²) in [5, 5.41) is 9.92. The maximum absolute atomic E-state index is 13.2. The minimum Gasteiger partial charge on any atom is -0.390 e. The molecule has 0 bridgehead atoms. The van der Waals surface area contributed by atoms with Crippen molar-refractivity contribution in [2.75, 3.05) is 5.73 Å². The van der Waals surface area contributed by atoms with Crippen molar-refractivity contribution < 1.29 is 14.2 Å². The van der Waals surface area contributed by atoms with Crippen molar-refractivity contribution in [3.8, 4) is 0 Å². The average Bonchev–Trinajstić information content (AvgIpc) is 2.81. The Balaban J connectivity index is 2.08. The van der Waals surface area contributed by atoms with Crippen molar-refractivity contribution in [1.29, 1.82) is 0 Å². The quantitative estimate of drug-likeness (QED) is 0.734. The number of aliphatic hydroxyl groups is 1. The Labute approximate surface area is 108 Å². The number of aliphatic hydroxyl groups excluding tert-OH is 1. The predicted molar refractivity (Wildman–Crippen MR) is 64.5 cm³/mol. The molecule has 19 heavy (non-hydrogen) atoms. The van der Waals surface area contributed by atoms with Crippen LogP contribution in [0, 0.1) is 6.08 Å². The highest BCUT2D eigenvalue weighted by Crippen LogP contribution is 2.37. The van der Waals surface area contributed by atoms with Crippen LogP contribution in [-0.2, 0) is 4.74 Å². The van der Waals surface area contributed by atoms with Gasteiger partial charge in [-0.3, -0.25) is 4.57 Å². The van der Waals surface area contributed by atoms with E-state index in [1.54, 1.807) is 18.4 Å². The van der Waals surface area contributed by atoms with Crippen LogP contribution >= 0.6 is 0 Å². The third-order valence-corrected chi connectivity index (χ3v) is 3.40. The fraction of sp³-hybridized carbons (Fsp3) is 0.545. The molecule has 3 heterocycles. The molecular weight excluding hydrogens is 253 g/mol. The smallest absolute Gasteiger partial charge is 0.312 e. The SMILES string of the molecule is CC1(C)O[C@@H](n2cnc3c(N)nc(F)nc32)C[C@@H]1O. The molecule has 0 aromatic carbocycles. The molecule has 0 amide bonds. The number of imidazole rings is 1. The van der Waals surface area contributed by atoms with Gasteiger partial charge in [-0.1, -0.05) is 0 Å². The molecule has 7 nitrogen and oxygen atoms in total. The Hall–Kier alpha value is -1.80. The molecule has 102 valence electrons. The number of aromatic nitrogens is 4. The third-order valence-electron chi connectivity index (χ3n) is 3.40. The van der Waals surface area contributed by atoms with Gasteiger partial charge >= 0.3 is 6.08 Å². The van der Waals surface area contributed by atoms with Crippen LogP contribution in [0.4, 0.5) is 10.2 Å². The van der Waals surface area contributed by atoms with Crippen LogP contribution in [0.2, 0.25) is 0 Å². The number of rotatable bonds is 1. The van der Waals surface area contributed by atoms with Gasteiger partial charge in [0, 0.05) is 6.42 Å². The van der Waals surface area contributed by atoms with Crippen molar-refractivity contribution in [3.05, 3.63) is 12.4 Å². The Morgan fingerprint density at radius 3 is 2.89 bits per heavy atom. The second-order valence-electron chi connectivity index (χ2n) is 5.13. The first kappa shape index (κ1) is 12.2. The first-order valence-electron chi connectivity index (χ1n) is 5.90. The Kier molecular flexibility index (Phi) is 2.48. The van der Waals surface area contributed by atoms with Crippen molar-refractivity contribution >= 4 is 17.0 Å². The average molecular weight is 267 g/mol. The molecule has 0 aliphatic carbocycles. The Bertz CT molecular complexity index is 641. The molecule has 1 aliphatic heterocycles. The van der Waals surface area contributed by atoms with E-state index in [-0.39, 0.29) is 11.5 Å². The minimum atomic E-state index is -0.912. The lowest BCUT2D eigenvalue weighted by atomic mass is 10.0. The number of hydrogen-bond donors (Lipinski definition) is 2. The van der Waals surface area contributed by atoms with Gasteiger partial charge in [0.25, 0.3) is 0 Å². The second kappa shape index (κ2) is 3.84. The highest BCUT2D eigenvalue weighted by molar-refractivity contribution is 5.81. The van der Waals surface area contributed by atoms with E-state index in [4.69, 9.17) is 10.5 Å². The molecule has 1 saturated heterocycles. The lowest BCUT2D eigenvalue weighted by Crippen LogP contribution is -2.31. The molecule has 2 aromatic rings. The number of nitrogens with zero attached hydrogens (tertiary/aromatic N) is 4. The zero-order valence-corrected chi connectivity index (χ0v) is 10.5. The monoisotopic (exact) mass is 267 g/mol. The molecule has 3 N–H and O–H groups in total. The number of anilines is 1. The predicted octanol–water partition coefficient (Wildman–Crippen LogP) is 0.606. The number of fused-ring (bicyclic) bond motifs is 1. The van der Waals surface area contributed by atoms with E-state index in [0.29, 0.717) is 11.9 Å². The van der Waals surface area contributed by atoms with Crippen molar-refractivity contribution in [3.63, 3.8) is 0 Å². The van der Waals surface area contributed by atoms with E-state index in [1.165, 1.54) is 6.33 Å². The maximum atomic E-state index is 13.2. The summed E-state index contributed by atoms with van der Waals surface area (Å²) >= 11 is 0. The van der Waals surface area contributed by atoms with Crippen LogP contribution in [0.25, 0.3) is 11.2 Å². The number of halogens is 1. The van der Waals surface area contributed by atoms with Gasteiger partial charge in [-0.05, 0) is 13.8 Å². The summed E-state index contributed by atoms with van der Waals surface area (Å²) in [7, 11) is 0. The number of nitrogen functional groups attached to an aromatic ring is 1. The third kappa shape index (κ3) is 1.83. The fourth-order valence-corrected chi connectivity index (χ4v) is 2.24. The van der Waals surface area contributed by atoms with E-state index in [1.807, 2.05) is 0 Å². The van der Waals surface area contributed by atoms with Gasteiger partial charge in [-0.25, -0.2) is 4.98 Å². The Morgan fingerprint density at radius 1 is 1.53 bits per heavy atom. The zero-order valence-electron chi connectivity index (χ0n) is 10.5. The molecule has 1 fully saturated rings. The number of hydrogen-bond acceptors (Lipinski definition) is 6. The van der Waals surface area contributed by atoms with E-state index >= 15 is 0 Å². The van der Waals surface area contributed by atoms with Gasteiger partial charge in [0.15, 0.2) is 17.0 Å². The lowest BCUT2D eigenvalue weighted by Gasteiger charge is -2.22. The molecule has 0 saturated carbocycles. The molecule has 0 unspecified atom stereocenters. The van der Waals surface area contributed by atoms with Crippen LogP contribution in [0.3, 0.4) is 0 Å². The normalized spacial score (nSPS) is 26.1. The highest BCUT2D eigenvalue weighted by Gasteiger charge is 2.41. The molecule has 0 radical (unpaired) electrons. The molecule has 0 spiro atoms. The standard InChI is InChI=1S/C11H14FN5O2/c1-11(2)5(18)3-6(19-11)17-4-14-7-8(13)15-10(12)16-9(7)17/h4-6,18H,3H2,1-2H3,(H2,13,15,16)/t5-,6+/m0/s1. The zero-order chi connectivity index (χ0) is 13.8. The minimum absolute atomic E-state index is 0.0148. The van der Waals surface area contributed by atoms with E-state index in [9.17, 15) is 9.50 Å². The first-order valence-corrected chi connectivity index (χ1v) is 5.90. The molecule has 2 aromatic heterocycles. The lowest BCUT2D eigenvalue weighted by molar-refractivity contribution is -0.0770. The van der Waals surface area contributed by atoms with Gasteiger partial charge in [0.05, 0.1) is 18.0 Å². The van der Waals surface area contributed by atoms with Crippen molar-refractivity contribution in [2.45, 2.75) is 38.2 Å². The maximum Gasteiger partial charge on any atom is 0.312 e. The summed E-state index contributed by atoms with van der Waals surface area (Å²) in [4.78, 5) is 11.2. The van der Waals surface area contributed by atoms with E-state index < -0.39 is 24.0 Å². The summed E-state index contributed by atoms with van der Waals surface area (Å²) in [6.45, 7) is 3.58. The highest BCUT2D eigenvalue weighted by atomic mass is 19.1. The van der Waals surface area contributed by atoms with Crippen LogP contribution in [0.1, 0.15) is 26.5 Å². The molecule has 8 heteroatoms. The number of nitrogens with two attached hydrogens (primary N) is 1. The van der Waals surface area contributed by atoms with Crippen LogP contribution in [0.15, 0.2) is 6.33 Å². The van der Waals surface area contributed by atoms with Gasteiger partial charge in [0.2, 0.25) is 0 Å². The fourth-order valence-electron chi connectivity index (χ4n) is 2.24. The summed E-state index contributed by atoms with van der Waals surface area (Å²) in [6, 6.07) is 0. The largest absolute Gasteiger partial charge is 0.390 e. The molecule has 3 rings (SSSR count). The summed E-state index contributed by atoms with van der Waals surface area (Å²) in [5.41, 5.74) is 5.51. The van der Waals surface area contributed by atoms with E-state index in [0.717, 1.165) is 0 Å². The second-order valence-corrected chi connectivity index (χ2v) is 5.13. The van der Waals surface area contributed by atoms with Gasteiger partial charge in [-0.15, -0.1) is 0 Å². The van der Waals surface area contributed by atoms with Crippen molar-refractivity contribution in [2.24, 2.45) is 0 Å². The number of ether oxygens (including phenoxy) is 1.